The number of hydrogen-bond donors (Lipinski definition) is 9. The van der Waals surface area contributed by atoms with Crippen LogP contribution in [-0.2, 0) is 43.2 Å². The van der Waals surface area contributed by atoms with Crippen LogP contribution < -0.4 is 0 Å². The van der Waals surface area contributed by atoms with Crippen LogP contribution in [0.2, 0.25) is 0 Å². The second kappa shape index (κ2) is 11.6. The topological polar surface area (TPSA) is 336 Å². The van der Waals surface area contributed by atoms with Crippen LogP contribution in [0, 0.1) is 51.2 Å². The van der Waals surface area contributed by atoms with E-state index < -0.39 is 163 Å². The molecule has 3 aliphatic carbocycles. The average Bonchev–Trinajstić information content (AvgIpc) is 2.94. The minimum atomic E-state index is -3.91. The van der Waals surface area contributed by atoms with Gasteiger partial charge in [-0.2, -0.15) is 0 Å². The zero-order valence-electron chi connectivity index (χ0n) is 23.4. The molecule has 0 heterocycles. The Labute approximate surface area is 252 Å². The van der Waals surface area contributed by atoms with Crippen LogP contribution in [0.4, 0.5) is 0 Å². The summed E-state index contributed by atoms with van der Waals surface area (Å²) in [7, 11) is 0. The highest BCUT2D eigenvalue weighted by molar-refractivity contribution is 6.08. The van der Waals surface area contributed by atoms with Crippen molar-refractivity contribution in [2.45, 2.75) is 57.8 Å². The van der Waals surface area contributed by atoms with Gasteiger partial charge in [0.05, 0.1) is 34.5 Å². The highest BCUT2D eigenvalue weighted by atomic mass is 16.4. The molecular weight excluding hydrogens is 612 g/mol. The lowest BCUT2D eigenvalue weighted by Crippen LogP contribution is -2.76. The molecule has 0 aliphatic heterocycles. The molecule has 9 N–H and O–H groups in total. The first-order valence-corrected chi connectivity index (χ1v) is 13.8. The molecule has 0 spiro atoms. The Bertz CT molecular complexity index is 1330. The minimum absolute atomic E-state index is 0.575. The lowest BCUT2D eigenvalue weighted by atomic mass is 9.33. The summed E-state index contributed by atoms with van der Waals surface area (Å²) in [5, 5.41) is 93.2. The molecule has 45 heavy (non-hydrogen) atoms. The normalized spacial score (nSPS) is 36.1. The van der Waals surface area contributed by atoms with Crippen molar-refractivity contribution in [3.05, 3.63) is 0 Å². The van der Waals surface area contributed by atoms with Gasteiger partial charge < -0.3 is 46.0 Å². The number of hydrogen-bond acceptors (Lipinski definition) is 9. The van der Waals surface area contributed by atoms with Crippen LogP contribution in [0.5, 0.6) is 0 Å². The van der Waals surface area contributed by atoms with Crippen molar-refractivity contribution >= 4 is 53.7 Å². The molecule has 3 aliphatic rings. The lowest BCUT2D eigenvalue weighted by Gasteiger charge is -2.64. The summed E-state index contributed by atoms with van der Waals surface area (Å²) in [6, 6.07) is 0. The quantitative estimate of drug-likeness (QED) is 0.137. The molecule has 0 bridgehead atoms. The maximum absolute atomic E-state index is 13.8. The highest BCUT2D eigenvalue weighted by Crippen LogP contribution is 2.73. The van der Waals surface area contributed by atoms with E-state index in [0.717, 1.165) is 0 Å². The Morgan fingerprint density at radius 1 is 0.489 bits per heavy atom. The van der Waals surface area contributed by atoms with Crippen LogP contribution in [0.25, 0.3) is 0 Å². The second-order valence-electron chi connectivity index (χ2n) is 12.2. The van der Waals surface area contributed by atoms with E-state index in [0.29, 0.717) is 0 Å². The van der Waals surface area contributed by atoms with Crippen LogP contribution in [0.1, 0.15) is 57.8 Å². The molecule has 248 valence electrons. The number of carbonyl (C=O) groups is 9. The van der Waals surface area contributed by atoms with Crippen molar-refractivity contribution in [1.29, 1.82) is 0 Å². The molecule has 3 fully saturated rings. The molecule has 3 saturated carbocycles. The second-order valence-corrected chi connectivity index (χ2v) is 12.2. The Balaban J connectivity index is 2.66. The first-order chi connectivity index (χ1) is 20.7. The first kappa shape index (κ1) is 34.7. The maximum atomic E-state index is 13.8. The third-order valence-electron chi connectivity index (χ3n) is 10.6. The fourth-order valence-corrected chi connectivity index (χ4v) is 8.90. The lowest BCUT2D eigenvalue weighted by molar-refractivity contribution is -0.251. The van der Waals surface area contributed by atoms with E-state index in [2.05, 4.69) is 0 Å². The Hall–Kier alpha value is -4.77. The standard InChI is InChI=1S/C27H32O18/c28-15(29)10-3-5-25(20(38)39,13(7-10)18(34)35)27(23(44)45)14(2-1-4-26(27,21(40)41)22(42)43)24(19(36)37)8-11(16(30)31)6-12(9-24)17(32)33/h10-14H,1-9H2,(H,28,29)(H,30,31)(H,32,33)(H,34,35)(H,36,37)(H,38,39)(H,40,41)(H,42,43)(H,44,45). The third-order valence-corrected chi connectivity index (χ3v) is 10.6. The van der Waals surface area contributed by atoms with Crippen LogP contribution in [0.15, 0.2) is 0 Å². The van der Waals surface area contributed by atoms with E-state index >= 15 is 0 Å². The summed E-state index contributed by atoms with van der Waals surface area (Å²) >= 11 is 0. The molecule has 18 nitrogen and oxygen atoms in total. The third kappa shape index (κ3) is 4.64. The van der Waals surface area contributed by atoms with E-state index in [-0.39, 0.29) is 0 Å². The van der Waals surface area contributed by atoms with Crippen molar-refractivity contribution in [2.24, 2.45) is 51.2 Å². The summed E-state index contributed by atoms with van der Waals surface area (Å²) in [4.78, 5) is 116. The van der Waals surface area contributed by atoms with Crippen molar-refractivity contribution in [3.8, 4) is 0 Å². The zero-order valence-corrected chi connectivity index (χ0v) is 23.4. The van der Waals surface area contributed by atoms with E-state index in [1.54, 1.807) is 0 Å². The van der Waals surface area contributed by atoms with Crippen LogP contribution in [-0.4, -0.2) is 99.7 Å². The van der Waals surface area contributed by atoms with Gasteiger partial charge in [0.25, 0.3) is 0 Å². The van der Waals surface area contributed by atoms with Crippen molar-refractivity contribution in [3.63, 3.8) is 0 Å². The van der Waals surface area contributed by atoms with Gasteiger partial charge in [0.1, 0.15) is 5.41 Å². The van der Waals surface area contributed by atoms with Crippen LogP contribution in [0.3, 0.4) is 0 Å². The van der Waals surface area contributed by atoms with Gasteiger partial charge in [0.2, 0.25) is 0 Å². The molecule has 0 saturated heterocycles. The van der Waals surface area contributed by atoms with Gasteiger partial charge in [0, 0.05) is 0 Å². The molecule has 0 amide bonds. The van der Waals surface area contributed by atoms with E-state index in [1.807, 2.05) is 0 Å². The monoisotopic (exact) mass is 644 g/mol. The van der Waals surface area contributed by atoms with Gasteiger partial charge in [-0.05, 0) is 57.3 Å². The van der Waals surface area contributed by atoms with E-state index in [4.69, 9.17) is 0 Å². The van der Waals surface area contributed by atoms with Gasteiger partial charge in [0.15, 0.2) is 5.41 Å². The first-order valence-electron chi connectivity index (χ1n) is 13.8. The Kier molecular flexibility index (Phi) is 8.97. The fourth-order valence-electron chi connectivity index (χ4n) is 8.90. The maximum Gasteiger partial charge on any atom is 0.322 e. The molecule has 3 rings (SSSR count). The molecule has 0 aromatic rings. The molecule has 0 aromatic carbocycles. The summed E-state index contributed by atoms with van der Waals surface area (Å²) in [5.41, 5.74) is -14.1. The highest BCUT2D eigenvalue weighted by Gasteiger charge is 2.85. The molecular formula is C27H32O18. The minimum Gasteiger partial charge on any atom is -0.481 e. The summed E-state index contributed by atoms with van der Waals surface area (Å²) in [6.07, 6.45) is -8.40. The molecule has 0 radical (unpaired) electrons. The molecule has 0 aromatic heterocycles. The fraction of sp³-hybridized carbons (Fsp3) is 0.667. The molecule has 7 atom stereocenters. The summed E-state index contributed by atoms with van der Waals surface area (Å²) in [5.74, 6) is -29.3. The van der Waals surface area contributed by atoms with Crippen molar-refractivity contribution in [1.82, 2.24) is 0 Å². The Morgan fingerprint density at radius 2 is 0.978 bits per heavy atom. The summed E-state index contributed by atoms with van der Waals surface area (Å²) < 4.78 is 0. The van der Waals surface area contributed by atoms with Gasteiger partial charge in [-0.3, -0.25) is 43.2 Å². The number of rotatable bonds is 11. The van der Waals surface area contributed by atoms with E-state index in [9.17, 15) is 89.1 Å². The molecule has 7 unspecified atom stereocenters. The average molecular weight is 645 g/mol. The van der Waals surface area contributed by atoms with Gasteiger partial charge in [-0.25, -0.2) is 0 Å². The predicted octanol–water partition coefficient (Wildman–Crippen LogP) is 0.326. The number of carboxylic acids is 9. The molecule has 18 heteroatoms. The number of aliphatic carboxylic acids is 9. The zero-order chi connectivity index (χ0) is 34.4. The predicted molar refractivity (Wildman–Crippen MR) is 137 cm³/mol. The van der Waals surface area contributed by atoms with Crippen molar-refractivity contribution in [2.75, 3.05) is 0 Å². The number of carboxylic acid groups (broad SMARTS) is 9. The smallest absolute Gasteiger partial charge is 0.322 e. The van der Waals surface area contributed by atoms with Gasteiger partial charge in [-0.1, -0.05) is 6.42 Å². The van der Waals surface area contributed by atoms with Crippen molar-refractivity contribution < 1.29 is 89.1 Å². The van der Waals surface area contributed by atoms with E-state index in [1.165, 1.54) is 0 Å². The van der Waals surface area contributed by atoms with Crippen LogP contribution >= 0.6 is 0 Å². The Morgan fingerprint density at radius 3 is 1.33 bits per heavy atom. The van der Waals surface area contributed by atoms with Gasteiger partial charge >= 0.3 is 53.7 Å². The summed E-state index contributed by atoms with van der Waals surface area (Å²) in [6.45, 7) is 0. The SMILES string of the molecule is O=C(O)C1CCC(C(=O)O)(C2(C(=O)O)C(C3(C(=O)O)CC(C(=O)O)CC(C(=O)O)C3)CCCC2(C(=O)O)C(=O)O)C(C(=O)O)C1. The largest absolute Gasteiger partial charge is 0.481 e. The van der Waals surface area contributed by atoms with Gasteiger partial charge in [-0.15, -0.1) is 0 Å².